The number of thiophene rings is 1. The lowest BCUT2D eigenvalue weighted by Gasteiger charge is -2.11. The van der Waals surface area contributed by atoms with E-state index in [4.69, 9.17) is 0 Å². The zero-order chi connectivity index (χ0) is 20.7. The summed E-state index contributed by atoms with van der Waals surface area (Å²) < 4.78 is 0. The molecule has 2 N–H and O–H groups in total. The van der Waals surface area contributed by atoms with Gasteiger partial charge in [0.05, 0.1) is 10.3 Å². The molecule has 0 unspecified atom stereocenters. The fourth-order valence-corrected chi connectivity index (χ4v) is 4.42. The first kappa shape index (κ1) is 18.0. The van der Waals surface area contributed by atoms with Gasteiger partial charge in [0.2, 0.25) is 0 Å². The Kier molecular flexibility index (Phi) is 4.26. The minimum absolute atomic E-state index is 0.0303. The molecule has 0 radical (unpaired) electrons. The highest BCUT2D eigenvalue weighted by atomic mass is 32.1. The first-order valence-corrected chi connectivity index (χ1v) is 9.94. The monoisotopic (exact) mass is 414 g/mol. The second kappa shape index (κ2) is 7.09. The molecule has 0 amide bonds. The molecule has 30 heavy (non-hydrogen) atoms. The summed E-state index contributed by atoms with van der Waals surface area (Å²) >= 11 is 1.45. The number of fused-ring (bicyclic) bond motifs is 2. The van der Waals surface area contributed by atoms with Crippen molar-refractivity contribution >= 4 is 49.5 Å². The molecule has 0 fully saturated rings. The van der Waals surface area contributed by atoms with Crippen molar-refractivity contribution in [2.75, 3.05) is 5.32 Å². The largest absolute Gasteiger partial charge is 0.507 e. The number of phenolic OH excluding ortho intramolecular Hbond substituents is 1. The summed E-state index contributed by atoms with van der Waals surface area (Å²) in [7, 11) is 0. The van der Waals surface area contributed by atoms with Gasteiger partial charge in [-0.1, -0.05) is 36.4 Å². The molecule has 7 nitrogen and oxygen atoms in total. The van der Waals surface area contributed by atoms with Gasteiger partial charge in [-0.25, -0.2) is 9.97 Å². The number of nitrogens with one attached hydrogen (secondary N) is 1. The zero-order valence-electron chi connectivity index (χ0n) is 15.4. The molecule has 0 aliphatic heterocycles. The lowest BCUT2D eigenvalue weighted by atomic mass is 10.0. The van der Waals surface area contributed by atoms with Gasteiger partial charge in [-0.05, 0) is 17.7 Å². The van der Waals surface area contributed by atoms with Crippen LogP contribution in [0.4, 0.5) is 17.2 Å². The Hall–Kier alpha value is -4.04. The van der Waals surface area contributed by atoms with Crippen molar-refractivity contribution in [2.24, 2.45) is 0 Å². The third-order valence-electron chi connectivity index (χ3n) is 4.89. The summed E-state index contributed by atoms with van der Waals surface area (Å²) in [4.78, 5) is 20.4. The highest BCUT2D eigenvalue weighted by Crippen LogP contribution is 2.39. The molecule has 0 spiro atoms. The summed E-state index contributed by atoms with van der Waals surface area (Å²) in [5.41, 5.74) is 2.37. The summed E-state index contributed by atoms with van der Waals surface area (Å²) in [6.45, 7) is 0. The van der Waals surface area contributed by atoms with Crippen molar-refractivity contribution in [3.05, 3.63) is 82.5 Å². The number of aromatic hydroxyl groups is 1. The molecule has 0 saturated heterocycles. The van der Waals surface area contributed by atoms with Crippen LogP contribution in [0.3, 0.4) is 0 Å². The van der Waals surface area contributed by atoms with E-state index in [0.717, 1.165) is 37.8 Å². The maximum Gasteiger partial charge on any atom is 0.270 e. The van der Waals surface area contributed by atoms with E-state index < -0.39 is 4.92 Å². The fraction of sp³-hybridized carbons (Fsp3) is 0. The Morgan fingerprint density at radius 2 is 1.80 bits per heavy atom. The number of nitrogens with zero attached hydrogens (tertiary/aromatic N) is 3. The number of benzene rings is 3. The number of hydrogen-bond donors (Lipinski definition) is 2. The van der Waals surface area contributed by atoms with E-state index >= 15 is 0 Å². The molecule has 5 aromatic rings. The van der Waals surface area contributed by atoms with E-state index in [2.05, 4.69) is 15.3 Å². The van der Waals surface area contributed by atoms with E-state index in [1.807, 2.05) is 35.7 Å². The Labute approximate surface area is 174 Å². The van der Waals surface area contributed by atoms with Gasteiger partial charge in [0.15, 0.2) is 0 Å². The minimum atomic E-state index is -0.406. The molecule has 0 atom stereocenters. The summed E-state index contributed by atoms with van der Waals surface area (Å²) in [5, 5.41) is 29.0. The fourth-order valence-electron chi connectivity index (χ4n) is 3.50. The average molecular weight is 414 g/mol. The van der Waals surface area contributed by atoms with Crippen molar-refractivity contribution in [3.8, 4) is 16.9 Å². The molecule has 2 heterocycles. The van der Waals surface area contributed by atoms with E-state index in [1.165, 1.54) is 23.7 Å². The summed E-state index contributed by atoms with van der Waals surface area (Å²) in [6, 6.07) is 17.5. The maximum atomic E-state index is 11.2. The molecular weight excluding hydrogens is 400 g/mol. The number of aromatic nitrogens is 2. The van der Waals surface area contributed by atoms with Crippen LogP contribution >= 0.6 is 11.3 Å². The van der Waals surface area contributed by atoms with Crippen LogP contribution in [0.25, 0.3) is 32.1 Å². The predicted molar refractivity (Wildman–Crippen MR) is 118 cm³/mol. The third-order valence-corrected chi connectivity index (χ3v) is 5.78. The van der Waals surface area contributed by atoms with Gasteiger partial charge in [0.25, 0.3) is 5.69 Å². The standard InChI is InChI=1S/C22H14N4O3S/c27-19-9-3-6-15-16(19)7-2-8-18(15)25-21-20-17(11-30-22(20)24-12-23-21)13-4-1-5-14(10-13)26(28)29/h1-12,27H,(H,23,24,25). The topological polar surface area (TPSA) is 101 Å². The van der Waals surface area contributed by atoms with Crippen LogP contribution in [0.2, 0.25) is 0 Å². The minimum Gasteiger partial charge on any atom is -0.507 e. The average Bonchev–Trinajstić information content (AvgIpc) is 3.20. The van der Waals surface area contributed by atoms with Gasteiger partial charge in [-0.2, -0.15) is 0 Å². The Balaban J connectivity index is 1.67. The molecule has 0 saturated carbocycles. The van der Waals surface area contributed by atoms with Gasteiger partial charge >= 0.3 is 0 Å². The third kappa shape index (κ3) is 2.99. The Morgan fingerprint density at radius 1 is 1.00 bits per heavy atom. The zero-order valence-corrected chi connectivity index (χ0v) is 16.3. The van der Waals surface area contributed by atoms with E-state index in [9.17, 15) is 15.2 Å². The molecule has 0 aliphatic rings. The molecule has 146 valence electrons. The SMILES string of the molecule is O=[N+]([O-])c1cccc(-c2csc3ncnc(Nc4cccc5c(O)cccc45)c23)c1. The van der Waals surface area contributed by atoms with Crippen molar-refractivity contribution in [3.63, 3.8) is 0 Å². The Morgan fingerprint density at radius 3 is 2.67 bits per heavy atom. The second-order valence-electron chi connectivity index (χ2n) is 6.66. The number of non-ortho nitro benzene ring substituents is 1. The van der Waals surface area contributed by atoms with Crippen LogP contribution in [0, 0.1) is 10.1 Å². The number of nitro groups is 1. The van der Waals surface area contributed by atoms with Crippen molar-refractivity contribution in [1.82, 2.24) is 9.97 Å². The van der Waals surface area contributed by atoms with Crippen molar-refractivity contribution in [2.45, 2.75) is 0 Å². The molecule has 8 heteroatoms. The Bertz CT molecular complexity index is 1430. The number of anilines is 2. The van der Waals surface area contributed by atoms with Gasteiger partial charge in [0.1, 0.15) is 22.7 Å². The predicted octanol–water partition coefficient (Wildman–Crippen LogP) is 5.87. The number of phenols is 1. The lowest BCUT2D eigenvalue weighted by Crippen LogP contribution is -1.96. The van der Waals surface area contributed by atoms with Crippen LogP contribution < -0.4 is 5.32 Å². The van der Waals surface area contributed by atoms with Crippen LogP contribution in [-0.2, 0) is 0 Å². The smallest absolute Gasteiger partial charge is 0.270 e. The molecule has 0 aliphatic carbocycles. The van der Waals surface area contributed by atoms with Crippen molar-refractivity contribution in [1.29, 1.82) is 0 Å². The molecule has 3 aromatic carbocycles. The molecule has 0 bridgehead atoms. The molecular formula is C22H14N4O3S. The molecule has 5 rings (SSSR count). The lowest BCUT2D eigenvalue weighted by molar-refractivity contribution is -0.384. The van der Waals surface area contributed by atoms with Crippen LogP contribution in [0.15, 0.2) is 72.4 Å². The maximum absolute atomic E-state index is 11.2. The quantitative estimate of drug-likeness (QED) is 0.282. The van der Waals surface area contributed by atoms with Crippen LogP contribution in [0.1, 0.15) is 0 Å². The summed E-state index contributed by atoms with van der Waals surface area (Å²) in [5.74, 6) is 0.801. The first-order valence-electron chi connectivity index (χ1n) is 9.06. The number of nitro benzene ring substituents is 1. The van der Waals surface area contributed by atoms with Gasteiger partial charge < -0.3 is 10.4 Å². The van der Waals surface area contributed by atoms with Gasteiger partial charge in [0, 0.05) is 39.5 Å². The second-order valence-corrected chi connectivity index (χ2v) is 7.52. The highest BCUT2D eigenvalue weighted by molar-refractivity contribution is 7.17. The number of rotatable bonds is 4. The normalized spacial score (nSPS) is 11.1. The first-order chi connectivity index (χ1) is 14.6. The van der Waals surface area contributed by atoms with Crippen LogP contribution in [0.5, 0.6) is 5.75 Å². The summed E-state index contributed by atoms with van der Waals surface area (Å²) in [6.07, 6.45) is 1.49. The van der Waals surface area contributed by atoms with Gasteiger partial charge in [-0.3, -0.25) is 10.1 Å². The van der Waals surface area contributed by atoms with E-state index in [1.54, 1.807) is 24.3 Å². The van der Waals surface area contributed by atoms with Crippen LogP contribution in [-0.4, -0.2) is 20.0 Å². The highest BCUT2D eigenvalue weighted by Gasteiger charge is 2.16. The molecule has 2 aromatic heterocycles. The van der Waals surface area contributed by atoms with E-state index in [-0.39, 0.29) is 11.4 Å². The van der Waals surface area contributed by atoms with E-state index in [0.29, 0.717) is 5.82 Å². The number of hydrogen-bond acceptors (Lipinski definition) is 7. The van der Waals surface area contributed by atoms with Gasteiger partial charge in [-0.15, -0.1) is 11.3 Å². The van der Waals surface area contributed by atoms with Crippen molar-refractivity contribution < 1.29 is 10.0 Å².